The first-order valence-corrected chi connectivity index (χ1v) is 4.71. The number of ketones is 1. The summed E-state index contributed by atoms with van der Waals surface area (Å²) in [5.74, 6) is 0.343. The van der Waals surface area contributed by atoms with Gasteiger partial charge in [0.1, 0.15) is 0 Å². The van der Waals surface area contributed by atoms with Gasteiger partial charge >= 0.3 is 0 Å². The molecular formula is C9H10OS. The minimum Gasteiger partial charge on any atom is -0.294 e. The lowest BCUT2D eigenvalue weighted by Gasteiger charge is -2.07. The van der Waals surface area contributed by atoms with Gasteiger partial charge in [-0.05, 0) is 25.8 Å². The van der Waals surface area contributed by atoms with Crippen LogP contribution in [0.25, 0.3) is 0 Å². The molecule has 0 radical (unpaired) electrons. The highest BCUT2D eigenvalue weighted by molar-refractivity contribution is 7.12. The molecule has 0 saturated carbocycles. The van der Waals surface area contributed by atoms with Crippen LogP contribution in [0.1, 0.15) is 33.0 Å². The lowest BCUT2D eigenvalue weighted by Crippen LogP contribution is -2.06. The Labute approximate surface area is 70.1 Å². The molecule has 11 heavy (non-hydrogen) atoms. The van der Waals surface area contributed by atoms with Gasteiger partial charge in [-0.25, -0.2) is 0 Å². The third-order valence-electron chi connectivity index (χ3n) is 2.04. The summed E-state index contributed by atoms with van der Waals surface area (Å²) in [6, 6.07) is 2.03. The van der Waals surface area contributed by atoms with Crippen molar-refractivity contribution in [3.05, 3.63) is 21.4 Å². The number of rotatable bonds is 0. The summed E-state index contributed by atoms with van der Waals surface area (Å²) < 4.78 is 0. The second kappa shape index (κ2) is 2.45. The average Bonchev–Trinajstić information content (AvgIpc) is 2.31. The van der Waals surface area contributed by atoms with Gasteiger partial charge in [-0.1, -0.05) is 0 Å². The highest BCUT2D eigenvalue weighted by atomic mass is 32.1. The number of hydrogen-bond donors (Lipinski definition) is 0. The van der Waals surface area contributed by atoms with Crippen LogP contribution in [0.15, 0.2) is 6.07 Å². The Morgan fingerprint density at radius 3 is 3.00 bits per heavy atom. The quantitative estimate of drug-likeness (QED) is 0.579. The van der Waals surface area contributed by atoms with E-state index in [1.165, 1.54) is 9.75 Å². The standard InChI is InChI=1S/C9H10OS/c1-6-5-7-8(10)3-2-4-9(7)11-6/h5H,2-4H2,1H3. The molecule has 1 aliphatic carbocycles. The SMILES string of the molecule is Cc1cc2c(s1)CCCC2=O. The molecule has 2 heteroatoms. The van der Waals surface area contributed by atoms with E-state index >= 15 is 0 Å². The largest absolute Gasteiger partial charge is 0.294 e. The predicted octanol–water partition coefficient (Wildman–Crippen LogP) is 2.58. The molecule has 1 heterocycles. The summed E-state index contributed by atoms with van der Waals surface area (Å²) in [6.45, 7) is 2.07. The maximum Gasteiger partial charge on any atom is 0.164 e. The molecule has 0 bridgehead atoms. The first-order chi connectivity index (χ1) is 5.27. The minimum absolute atomic E-state index is 0.343. The normalized spacial score (nSPS) is 16.6. The van der Waals surface area contributed by atoms with Crippen LogP contribution in [0.5, 0.6) is 0 Å². The Morgan fingerprint density at radius 2 is 2.27 bits per heavy atom. The number of hydrogen-bond acceptors (Lipinski definition) is 2. The Balaban J connectivity index is 2.52. The van der Waals surface area contributed by atoms with Crippen LogP contribution in [0.3, 0.4) is 0 Å². The molecule has 0 aliphatic heterocycles. The van der Waals surface area contributed by atoms with Crippen molar-refractivity contribution in [2.24, 2.45) is 0 Å². The summed E-state index contributed by atoms with van der Waals surface area (Å²) in [4.78, 5) is 13.9. The number of thiophene rings is 1. The first kappa shape index (κ1) is 7.04. The van der Waals surface area contributed by atoms with E-state index < -0.39 is 0 Å². The van der Waals surface area contributed by atoms with Gasteiger partial charge in [0.15, 0.2) is 5.78 Å². The summed E-state index contributed by atoms with van der Waals surface area (Å²) in [7, 11) is 0. The van der Waals surface area contributed by atoms with Crippen LogP contribution in [0.4, 0.5) is 0 Å². The Hall–Kier alpha value is -0.630. The highest BCUT2D eigenvalue weighted by Gasteiger charge is 2.18. The van der Waals surface area contributed by atoms with Crippen molar-refractivity contribution in [2.45, 2.75) is 26.2 Å². The molecule has 0 spiro atoms. The van der Waals surface area contributed by atoms with Gasteiger partial charge in [0.05, 0.1) is 0 Å². The lowest BCUT2D eigenvalue weighted by molar-refractivity contribution is 0.0973. The fourth-order valence-corrected chi connectivity index (χ4v) is 2.62. The Kier molecular flexibility index (Phi) is 1.57. The molecule has 0 aromatic carbocycles. The highest BCUT2D eigenvalue weighted by Crippen LogP contribution is 2.28. The van der Waals surface area contributed by atoms with E-state index in [1.54, 1.807) is 11.3 Å². The van der Waals surface area contributed by atoms with Crippen LogP contribution < -0.4 is 0 Å². The zero-order valence-corrected chi connectivity index (χ0v) is 7.33. The zero-order valence-electron chi connectivity index (χ0n) is 6.52. The monoisotopic (exact) mass is 166 g/mol. The van der Waals surface area contributed by atoms with Crippen LogP contribution >= 0.6 is 11.3 Å². The molecule has 1 nitrogen and oxygen atoms in total. The fraction of sp³-hybridized carbons (Fsp3) is 0.444. The summed E-state index contributed by atoms with van der Waals surface area (Å²) >= 11 is 1.77. The molecule has 0 saturated heterocycles. The van der Waals surface area contributed by atoms with Crippen LogP contribution in [0.2, 0.25) is 0 Å². The zero-order chi connectivity index (χ0) is 7.84. The van der Waals surface area contributed by atoms with E-state index in [-0.39, 0.29) is 0 Å². The first-order valence-electron chi connectivity index (χ1n) is 3.90. The number of carbonyl (C=O) groups is 1. The molecule has 1 aromatic heterocycles. The summed E-state index contributed by atoms with van der Waals surface area (Å²) in [5.41, 5.74) is 0.999. The van der Waals surface area contributed by atoms with Crippen molar-refractivity contribution < 1.29 is 4.79 Å². The van der Waals surface area contributed by atoms with Gasteiger partial charge in [-0.2, -0.15) is 0 Å². The van der Waals surface area contributed by atoms with Crippen molar-refractivity contribution in [2.75, 3.05) is 0 Å². The summed E-state index contributed by atoms with van der Waals surface area (Å²) in [6.07, 6.45) is 2.91. The van der Waals surface area contributed by atoms with E-state index in [9.17, 15) is 4.79 Å². The molecule has 1 aromatic rings. The number of aryl methyl sites for hydroxylation is 2. The molecule has 1 aliphatic rings. The second-order valence-corrected chi connectivity index (χ2v) is 4.31. The van der Waals surface area contributed by atoms with Gasteiger partial charge in [0.25, 0.3) is 0 Å². The van der Waals surface area contributed by atoms with E-state index in [0.717, 1.165) is 24.8 Å². The molecule has 0 N–H and O–H groups in total. The third kappa shape index (κ3) is 1.11. The van der Waals surface area contributed by atoms with Crippen LogP contribution in [-0.4, -0.2) is 5.78 Å². The van der Waals surface area contributed by atoms with Crippen molar-refractivity contribution in [1.82, 2.24) is 0 Å². The Morgan fingerprint density at radius 1 is 1.45 bits per heavy atom. The lowest BCUT2D eigenvalue weighted by atomic mass is 9.98. The number of fused-ring (bicyclic) bond motifs is 1. The van der Waals surface area contributed by atoms with Gasteiger partial charge in [0.2, 0.25) is 0 Å². The van der Waals surface area contributed by atoms with Gasteiger partial charge in [-0.3, -0.25) is 4.79 Å². The molecular weight excluding hydrogens is 156 g/mol. The van der Waals surface area contributed by atoms with Crippen LogP contribution in [0, 0.1) is 6.92 Å². The third-order valence-corrected chi connectivity index (χ3v) is 3.15. The molecule has 0 amide bonds. The van der Waals surface area contributed by atoms with Gasteiger partial charge in [0, 0.05) is 21.7 Å². The smallest absolute Gasteiger partial charge is 0.164 e. The molecule has 58 valence electrons. The average molecular weight is 166 g/mol. The van der Waals surface area contributed by atoms with E-state index in [2.05, 4.69) is 6.92 Å². The van der Waals surface area contributed by atoms with Crippen molar-refractivity contribution in [3.63, 3.8) is 0 Å². The summed E-state index contributed by atoms with van der Waals surface area (Å²) in [5, 5.41) is 0. The topological polar surface area (TPSA) is 17.1 Å². The fourth-order valence-electron chi connectivity index (χ4n) is 1.53. The molecule has 2 rings (SSSR count). The molecule has 0 fully saturated rings. The second-order valence-electron chi connectivity index (χ2n) is 2.97. The number of carbonyl (C=O) groups excluding carboxylic acids is 1. The predicted molar refractivity (Wildman–Crippen MR) is 46.3 cm³/mol. The van der Waals surface area contributed by atoms with E-state index in [4.69, 9.17) is 0 Å². The van der Waals surface area contributed by atoms with Crippen molar-refractivity contribution in [3.8, 4) is 0 Å². The van der Waals surface area contributed by atoms with Crippen LogP contribution in [-0.2, 0) is 6.42 Å². The maximum absolute atomic E-state index is 11.3. The van der Waals surface area contributed by atoms with Crippen molar-refractivity contribution in [1.29, 1.82) is 0 Å². The van der Waals surface area contributed by atoms with E-state index in [0.29, 0.717) is 5.78 Å². The van der Waals surface area contributed by atoms with Gasteiger partial charge in [-0.15, -0.1) is 11.3 Å². The minimum atomic E-state index is 0.343. The van der Waals surface area contributed by atoms with Gasteiger partial charge < -0.3 is 0 Å². The Bertz CT molecular complexity index is 299. The van der Waals surface area contributed by atoms with E-state index in [1.807, 2.05) is 6.07 Å². The molecule has 0 atom stereocenters. The number of Topliss-reactive ketones (excluding diaryl/α,β-unsaturated/α-hetero) is 1. The maximum atomic E-state index is 11.3. The molecule has 0 unspecified atom stereocenters. The van der Waals surface area contributed by atoms with Crippen molar-refractivity contribution >= 4 is 17.1 Å².